The fourth-order valence-corrected chi connectivity index (χ4v) is 3.57. The Hall–Kier alpha value is -2.41. The number of aromatic nitrogens is 2. The van der Waals surface area contributed by atoms with Crippen LogP contribution < -0.4 is 4.74 Å². The van der Waals surface area contributed by atoms with Gasteiger partial charge in [-0.15, -0.1) is 0 Å². The maximum absolute atomic E-state index is 14.2. The predicted octanol–water partition coefficient (Wildman–Crippen LogP) is 6.30. The van der Waals surface area contributed by atoms with Crippen LogP contribution in [0.1, 0.15) is 53.7 Å². The third kappa shape index (κ3) is 6.79. The van der Waals surface area contributed by atoms with Gasteiger partial charge in [0.1, 0.15) is 23.1 Å². The molecule has 0 fully saturated rings. The van der Waals surface area contributed by atoms with Crippen molar-refractivity contribution in [1.29, 1.82) is 0 Å². The van der Waals surface area contributed by atoms with Gasteiger partial charge in [-0.05, 0) is 65.2 Å². The molecule has 0 N–H and O–H groups in total. The number of carbonyl (C=O) groups excluding carboxylic acids is 1. The van der Waals surface area contributed by atoms with E-state index in [2.05, 4.69) is 23.8 Å². The molecule has 32 heavy (non-hydrogen) atoms. The van der Waals surface area contributed by atoms with Gasteiger partial charge < -0.3 is 14.4 Å². The number of hydrogen-bond donors (Lipinski definition) is 0. The lowest BCUT2D eigenvalue weighted by molar-refractivity contribution is -0.00683. The Bertz CT molecular complexity index is 962. The minimum atomic E-state index is -0.605. The smallest absolute Gasteiger partial charge is 0.410 e. The predicted molar refractivity (Wildman–Crippen MR) is 125 cm³/mol. The molecule has 0 radical (unpaired) electrons. The average Bonchev–Trinajstić information content (AvgIpc) is 2.66. The molecule has 0 saturated carbocycles. The lowest BCUT2D eigenvalue weighted by Gasteiger charge is -2.40. The molecule has 2 aromatic heterocycles. The molecule has 1 amide bonds. The zero-order chi connectivity index (χ0) is 24.3. The molecule has 0 aliphatic heterocycles. The van der Waals surface area contributed by atoms with Crippen molar-refractivity contribution in [3.8, 4) is 17.0 Å². The van der Waals surface area contributed by atoms with Crippen LogP contribution in [0.25, 0.3) is 11.3 Å². The van der Waals surface area contributed by atoms with E-state index in [9.17, 15) is 9.18 Å². The summed E-state index contributed by atoms with van der Waals surface area (Å²) < 4.78 is 25.8. The molecule has 2 heterocycles. The first-order valence-corrected chi connectivity index (χ1v) is 11.0. The molecule has 2 rings (SSSR count). The topological polar surface area (TPSA) is 64.6 Å². The van der Waals surface area contributed by atoms with Crippen LogP contribution in [0.15, 0.2) is 24.4 Å². The zero-order valence-electron chi connectivity index (χ0n) is 20.1. The van der Waals surface area contributed by atoms with Crippen LogP contribution >= 0.6 is 11.6 Å². The highest BCUT2D eigenvalue weighted by molar-refractivity contribution is 6.29. The molecule has 8 heteroatoms. The lowest BCUT2D eigenvalue weighted by atomic mass is 9.90. The largest absolute Gasteiger partial charge is 0.489 e. The highest BCUT2D eigenvalue weighted by atomic mass is 35.5. The van der Waals surface area contributed by atoms with E-state index in [1.54, 1.807) is 31.0 Å². The SMILES string of the molecule is Cc1nc(-c2cc(Cl)ncc2F)ccc1OC[C@](C)(CC(C)C)N(C)C(=O)OC(C)(C)C. The summed E-state index contributed by atoms with van der Waals surface area (Å²) in [6.07, 6.45) is 1.39. The minimum Gasteiger partial charge on any atom is -0.489 e. The number of amides is 1. The van der Waals surface area contributed by atoms with Gasteiger partial charge in [0, 0.05) is 12.6 Å². The maximum Gasteiger partial charge on any atom is 0.410 e. The van der Waals surface area contributed by atoms with E-state index in [1.165, 1.54) is 6.07 Å². The molecule has 0 bridgehead atoms. The average molecular weight is 466 g/mol. The maximum atomic E-state index is 14.2. The van der Waals surface area contributed by atoms with Crippen molar-refractivity contribution in [2.45, 2.75) is 66.0 Å². The summed E-state index contributed by atoms with van der Waals surface area (Å²) in [5.74, 6) is 0.384. The number of hydrogen-bond acceptors (Lipinski definition) is 5. The minimum absolute atomic E-state index is 0.191. The Morgan fingerprint density at radius 2 is 1.91 bits per heavy atom. The quantitative estimate of drug-likeness (QED) is 0.449. The molecule has 0 saturated heterocycles. The summed E-state index contributed by atoms with van der Waals surface area (Å²) in [5, 5.41) is 0.191. The second-order valence-electron chi connectivity index (χ2n) is 9.69. The van der Waals surface area contributed by atoms with Crippen molar-refractivity contribution < 1.29 is 18.7 Å². The van der Waals surface area contributed by atoms with E-state index in [0.29, 0.717) is 29.5 Å². The second-order valence-corrected chi connectivity index (χ2v) is 10.1. The summed E-state index contributed by atoms with van der Waals surface area (Å²) in [6.45, 7) is 13.7. The van der Waals surface area contributed by atoms with Crippen molar-refractivity contribution in [2.24, 2.45) is 5.92 Å². The number of likely N-dealkylation sites (N-methyl/N-ethyl adjacent to an activating group) is 1. The molecular formula is C24H33ClFN3O3. The number of carbonyl (C=O) groups is 1. The molecular weight excluding hydrogens is 433 g/mol. The van der Waals surface area contributed by atoms with Crippen molar-refractivity contribution in [3.63, 3.8) is 0 Å². The van der Waals surface area contributed by atoms with Crippen LogP contribution in [0, 0.1) is 18.7 Å². The molecule has 2 aromatic rings. The van der Waals surface area contributed by atoms with Gasteiger partial charge in [0.05, 0.1) is 23.1 Å². The first-order valence-electron chi connectivity index (χ1n) is 10.6. The van der Waals surface area contributed by atoms with Crippen LogP contribution in [0.4, 0.5) is 9.18 Å². The Morgan fingerprint density at radius 1 is 1.25 bits per heavy atom. The van der Waals surface area contributed by atoms with Gasteiger partial charge in [0.15, 0.2) is 5.82 Å². The normalized spacial score (nSPS) is 13.6. The van der Waals surface area contributed by atoms with Crippen molar-refractivity contribution >= 4 is 17.7 Å². The summed E-state index contributed by atoms with van der Waals surface area (Å²) in [4.78, 5) is 22.5. The molecule has 6 nitrogen and oxygen atoms in total. The molecule has 0 spiro atoms. The summed E-state index contributed by atoms with van der Waals surface area (Å²) in [7, 11) is 1.73. The van der Waals surface area contributed by atoms with E-state index in [0.717, 1.165) is 6.20 Å². The van der Waals surface area contributed by atoms with Crippen LogP contribution in [-0.2, 0) is 4.74 Å². The number of ether oxygens (including phenoxy) is 2. The number of pyridine rings is 2. The summed E-state index contributed by atoms with van der Waals surface area (Å²) >= 11 is 5.90. The molecule has 176 valence electrons. The Labute approximate surface area is 195 Å². The zero-order valence-corrected chi connectivity index (χ0v) is 20.9. The van der Waals surface area contributed by atoms with Crippen molar-refractivity contribution in [1.82, 2.24) is 14.9 Å². The number of nitrogens with zero attached hydrogens (tertiary/aromatic N) is 3. The number of halogens is 2. The third-order valence-corrected chi connectivity index (χ3v) is 5.21. The van der Waals surface area contributed by atoms with Gasteiger partial charge in [0.25, 0.3) is 0 Å². The third-order valence-electron chi connectivity index (χ3n) is 5.00. The molecule has 0 aliphatic rings. The van der Waals surface area contributed by atoms with Gasteiger partial charge in [0.2, 0.25) is 0 Å². The Kier molecular flexibility index (Phi) is 8.10. The molecule has 0 aromatic carbocycles. The van der Waals surface area contributed by atoms with E-state index >= 15 is 0 Å². The van der Waals surface area contributed by atoms with E-state index in [4.69, 9.17) is 21.1 Å². The Morgan fingerprint density at radius 3 is 2.47 bits per heavy atom. The van der Waals surface area contributed by atoms with Gasteiger partial charge in [-0.1, -0.05) is 25.4 Å². The van der Waals surface area contributed by atoms with Crippen LogP contribution in [0.5, 0.6) is 5.75 Å². The van der Waals surface area contributed by atoms with E-state index < -0.39 is 23.1 Å². The summed E-state index contributed by atoms with van der Waals surface area (Å²) in [6, 6.07) is 4.86. The van der Waals surface area contributed by atoms with Gasteiger partial charge in [-0.25, -0.2) is 19.2 Å². The van der Waals surface area contributed by atoms with Gasteiger partial charge in [-0.3, -0.25) is 0 Å². The number of rotatable bonds is 7. The number of aryl methyl sites for hydroxylation is 1. The summed E-state index contributed by atoms with van der Waals surface area (Å²) in [5.41, 5.74) is 0.113. The van der Waals surface area contributed by atoms with Crippen LogP contribution in [0.2, 0.25) is 5.15 Å². The Balaban J connectivity index is 2.24. The first kappa shape index (κ1) is 25.8. The fourth-order valence-electron chi connectivity index (χ4n) is 3.42. The highest BCUT2D eigenvalue weighted by Crippen LogP contribution is 2.29. The van der Waals surface area contributed by atoms with E-state index in [1.807, 2.05) is 27.7 Å². The fraction of sp³-hybridized carbons (Fsp3) is 0.542. The standard InChI is InChI=1S/C24H33ClFN3O3/c1-15(2)12-24(7,29(8)22(30)32-23(4,5)6)14-31-20-10-9-19(28-16(20)3)17-11-21(25)27-13-18(17)26/h9-11,13,15H,12,14H2,1-8H3/t24-/m0/s1. The highest BCUT2D eigenvalue weighted by Gasteiger charge is 2.37. The van der Waals surface area contributed by atoms with Gasteiger partial charge >= 0.3 is 6.09 Å². The van der Waals surface area contributed by atoms with Crippen LogP contribution in [-0.4, -0.2) is 45.8 Å². The lowest BCUT2D eigenvalue weighted by Crippen LogP contribution is -2.53. The van der Waals surface area contributed by atoms with Crippen molar-refractivity contribution in [2.75, 3.05) is 13.7 Å². The van der Waals surface area contributed by atoms with Crippen LogP contribution in [0.3, 0.4) is 0 Å². The first-order chi connectivity index (χ1) is 14.7. The molecule has 0 aliphatic carbocycles. The molecule has 1 atom stereocenters. The van der Waals surface area contributed by atoms with E-state index in [-0.39, 0.29) is 17.3 Å². The monoisotopic (exact) mass is 465 g/mol. The van der Waals surface area contributed by atoms with Crippen molar-refractivity contribution in [3.05, 3.63) is 41.1 Å². The molecule has 0 unspecified atom stereocenters. The second kappa shape index (κ2) is 10.0. The van der Waals surface area contributed by atoms with Gasteiger partial charge in [-0.2, -0.15) is 0 Å².